The second-order valence-electron chi connectivity index (χ2n) is 6.12. The van der Waals surface area contributed by atoms with Crippen LogP contribution < -0.4 is 14.8 Å². The second-order valence-corrected chi connectivity index (χ2v) is 6.12. The van der Waals surface area contributed by atoms with Crippen LogP contribution in [0.5, 0.6) is 11.5 Å². The van der Waals surface area contributed by atoms with Crippen molar-refractivity contribution in [3.8, 4) is 11.5 Å². The van der Waals surface area contributed by atoms with Crippen molar-refractivity contribution in [3.05, 3.63) is 83.5 Å². The van der Waals surface area contributed by atoms with Gasteiger partial charge in [-0.3, -0.25) is 4.79 Å². The molecule has 0 aliphatic carbocycles. The lowest BCUT2D eigenvalue weighted by atomic mass is 9.98. The largest absolute Gasteiger partial charge is 0.493 e. The number of carbonyl (C=O) groups is 1. The van der Waals surface area contributed by atoms with Gasteiger partial charge < -0.3 is 19.5 Å². The maximum Gasteiger partial charge on any atom is 0.250 e. The van der Waals surface area contributed by atoms with Gasteiger partial charge in [-0.1, -0.05) is 49.1 Å². The van der Waals surface area contributed by atoms with E-state index in [-0.39, 0.29) is 5.91 Å². The fourth-order valence-electron chi connectivity index (χ4n) is 3.09. The van der Waals surface area contributed by atoms with Gasteiger partial charge >= 0.3 is 0 Å². The first-order chi connectivity index (χ1) is 13.2. The molecular formula is C22H23NO4. The molecule has 2 aromatic rings. The van der Waals surface area contributed by atoms with Crippen molar-refractivity contribution in [1.82, 2.24) is 5.32 Å². The molecule has 0 spiro atoms. The standard InChI is InChI=1S/C22H23NO4/c1-4-16-14-27-21(17-10-11-18(25-2)19(12-17)26-3)20(16)22(24)23-13-15-8-6-5-7-9-15/h4-12,21H,1,13-14H2,2-3H3,(H,23,24). The predicted octanol–water partition coefficient (Wildman–Crippen LogP) is 3.57. The molecule has 1 heterocycles. The molecule has 5 nitrogen and oxygen atoms in total. The minimum Gasteiger partial charge on any atom is -0.493 e. The van der Waals surface area contributed by atoms with Crippen molar-refractivity contribution < 1.29 is 19.0 Å². The van der Waals surface area contributed by atoms with Crippen molar-refractivity contribution >= 4 is 5.91 Å². The van der Waals surface area contributed by atoms with Crippen LogP contribution in [0.1, 0.15) is 17.2 Å². The Hall–Kier alpha value is -3.05. The summed E-state index contributed by atoms with van der Waals surface area (Å²) in [5, 5.41) is 2.98. The quantitative estimate of drug-likeness (QED) is 0.815. The van der Waals surface area contributed by atoms with Gasteiger partial charge in [-0.2, -0.15) is 0 Å². The third kappa shape index (κ3) is 4.04. The summed E-state index contributed by atoms with van der Waals surface area (Å²) in [6.45, 7) is 4.61. The third-order valence-electron chi connectivity index (χ3n) is 4.51. The van der Waals surface area contributed by atoms with Gasteiger partial charge in [0.25, 0.3) is 5.91 Å². The highest BCUT2D eigenvalue weighted by Crippen LogP contribution is 2.38. The van der Waals surface area contributed by atoms with Crippen LogP contribution in [0.2, 0.25) is 0 Å². The minimum absolute atomic E-state index is 0.161. The highest BCUT2D eigenvalue weighted by molar-refractivity contribution is 5.96. The van der Waals surface area contributed by atoms with Crippen LogP contribution in [0.25, 0.3) is 0 Å². The van der Waals surface area contributed by atoms with Gasteiger partial charge in [0.05, 0.1) is 26.4 Å². The van der Waals surface area contributed by atoms with E-state index in [1.54, 1.807) is 20.3 Å². The molecule has 0 fully saturated rings. The van der Waals surface area contributed by atoms with E-state index in [0.717, 1.165) is 16.7 Å². The fraction of sp³-hybridized carbons (Fsp3) is 0.227. The normalized spacial score (nSPS) is 16.1. The smallest absolute Gasteiger partial charge is 0.250 e. The van der Waals surface area contributed by atoms with E-state index in [2.05, 4.69) is 11.9 Å². The minimum atomic E-state index is -0.478. The summed E-state index contributed by atoms with van der Waals surface area (Å²) < 4.78 is 16.6. The van der Waals surface area contributed by atoms with E-state index < -0.39 is 6.10 Å². The Bertz CT molecular complexity index is 858. The molecule has 1 N–H and O–H groups in total. The molecule has 2 aromatic carbocycles. The molecule has 5 heteroatoms. The molecule has 1 atom stereocenters. The van der Waals surface area contributed by atoms with Crippen molar-refractivity contribution in [2.24, 2.45) is 0 Å². The number of carbonyl (C=O) groups excluding carboxylic acids is 1. The summed E-state index contributed by atoms with van der Waals surface area (Å²) in [7, 11) is 3.16. The van der Waals surface area contributed by atoms with Crippen molar-refractivity contribution in [1.29, 1.82) is 0 Å². The summed E-state index contributed by atoms with van der Waals surface area (Å²) in [6, 6.07) is 15.3. The number of nitrogens with one attached hydrogen (secondary N) is 1. The average Bonchev–Trinajstić information content (AvgIpc) is 3.16. The van der Waals surface area contributed by atoms with Gasteiger partial charge in [-0.25, -0.2) is 0 Å². The van der Waals surface area contributed by atoms with E-state index >= 15 is 0 Å². The van der Waals surface area contributed by atoms with Crippen LogP contribution in [0, 0.1) is 0 Å². The molecular weight excluding hydrogens is 342 g/mol. The molecule has 0 saturated heterocycles. The van der Waals surface area contributed by atoms with Crippen LogP contribution in [-0.2, 0) is 16.1 Å². The first-order valence-corrected chi connectivity index (χ1v) is 8.69. The highest BCUT2D eigenvalue weighted by atomic mass is 16.5. The van der Waals surface area contributed by atoms with Crippen molar-refractivity contribution in [3.63, 3.8) is 0 Å². The lowest BCUT2D eigenvalue weighted by molar-refractivity contribution is -0.118. The van der Waals surface area contributed by atoms with Crippen molar-refractivity contribution in [2.45, 2.75) is 12.6 Å². The molecule has 1 aliphatic rings. The number of methoxy groups -OCH3 is 2. The molecule has 27 heavy (non-hydrogen) atoms. The number of ether oxygens (including phenoxy) is 3. The zero-order chi connectivity index (χ0) is 19.2. The molecule has 0 saturated carbocycles. The van der Waals surface area contributed by atoms with E-state index in [0.29, 0.717) is 30.2 Å². The number of benzene rings is 2. The van der Waals surface area contributed by atoms with E-state index in [1.807, 2.05) is 48.5 Å². The third-order valence-corrected chi connectivity index (χ3v) is 4.51. The van der Waals surface area contributed by atoms with Gasteiger partial charge in [-0.05, 0) is 28.8 Å². The molecule has 1 amide bonds. The van der Waals surface area contributed by atoms with Gasteiger partial charge in [0, 0.05) is 6.54 Å². The zero-order valence-electron chi connectivity index (χ0n) is 15.5. The summed E-state index contributed by atoms with van der Waals surface area (Å²) in [4.78, 5) is 12.9. The van der Waals surface area contributed by atoms with E-state index in [1.165, 1.54) is 0 Å². The lowest BCUT2D eigenvalue weighted by Crippen LogP contribution is -2.27. The molecule has 0 bridgehead atoms. The number of hydrogen-bond acceptors (Lipinski definition) is 4. The Kier molecular flexibility index (Phi) is 5.94. The Morgan fingerprint density at radius 2 is 1.93 bits per heavy atom. The average molecular weight is 365 g/mol. The van der Waals surface area contributed by atoms with Gasteiger partial charge in [0.15, 0.2) is 11.5 Å². The molecule has 1 aliphatic heterocycles. The van der Waals surface area contributed by atoms with E-state index in [9.17, 15) is 4.79 Å². The SMILES string of the molecule is C=CC1=C(C(=O)NCc2ccccc2)C(c2ccc(OC)c(OC)c2)OC1. The molecule has 140 valence electrons. The lowest BCUT2D eigenvalue weighted by Gasteiger charge is -2.17. The Morgan fingerprint density at radius 1 is 1.19 bits per heavy atom. The highest BCUT2D eigenvalue weighted by Gasteiger charge is 2.32. The first kappa shape index (κ1) is 18.7. The van der Waals surface area contributed by atoms with E-state index in [4.69, 9.17) is 14.2 Å². The monoisotopic (exact) mass is 365 g/mol. The zero-order valence-corrected chi connectivity index (χ0v) is 15.5. The summed E-state index contributed by atoms with van der Waals surface area (Å²) in [6.07, 6.45) is 1.20. The molecule has 0 aromatic heterocycles. The van der Waals surface area contributed by atoms with Crippen LogP contribution in [0.3, 0.4) is 0 Å². The van der Waals surface area contributed by atoms with Crippen LogP contribution in [-0.4, -0.2) is 26.7 Å². The topological polar surface area (TPSA) is 56.8 Å². The summed E-state index contributed by atoms with van der Waals surface area (Å²) >= 11 is 0. The summed E-state index contributed by atoms with van der Waals surface area (Å²) in [5.41, 5.74) is 3.23. The predicted molar refractivity (Wildman–Crippen MR) is 104 cm³/mol. The maximum atomic E-state index is 12.9. The Labute approximate surface area is 159 Å². The van der Waals surface area contributed by atoms with Gasteiger partial charge in [0.2, 0.25) is 0 Å². The van der Waals surface area contributed by atoms with Crippen LogP contribution in [0.15, 0.2) is 72.3 Å². The second kappa shape index (κ2) is 8.56. The Balaban J connectivity index is 1.84. The first-order valence-electron chi connectivity index (χ1n) is 8.69. The molecule has 3 rings (SSSR count). The van der Waals surface area contributed by atoms with Crippen LogP contribution in [0.4, 0.5) is 0 Å². The van der Waals surface area contributed by atoms with Gasteiger partial charge in [-0.15, -0.1) is 0 Å². The fourth-order valence-corrected chi connectivity index (χ4v) is 3.09. The van der Waals surface area contributed by atoms with Crippen molar-refractivity contribution in [2.75, 3.05) is 20.8 Å². The molecule has 0 radical (unpaired) electrons. The Morgan fingerprint density at radius 3 is 2.59 bits per heavy atom. The molecule has 1 unspecified atom stereocenters. The van der Waals surface area contributed by atoms with Crippen LogP contribution >= 0.6 is 0 Å². The van der Waals surface area contributed by atoms with Gasteiger partial charge in [0.1, 0.15) is 6.10 Å². The number of amides is 1. The number of rotatable bonds is 7. The number of hydrogen-bond donors (Lipinski definition) is 1. The maximum absolute atomic E-state index is 12.9. The summed E-state index contributed by atoms with van der Waals surface area (Å²) in [5.74, 6) is 1.06.